The average molecular weight is 294 g/mol. The molecule has 0 spiro atoms. The molecule has 0 saturated heterocycles. The van der Waals surface area contributed by atoms with Gasteiger partial charge in [0.2, 0.25) is 5.91 Å². The lowest BCUT2D eigenvalue weighted by molar-refractivity contribution is -0.116. The van der Waals surface area contributed by atoms with E-state index in [0.29, 0.717) is 5.69 Å². The molecule has 0 aliphatic carbocycles. The maximum atomic E-state index is 11.6. The summed E-state index contributed by atoms with van der Waals surface area (Å²) in [6.07, 6.45) is 0. The fraction of sp³-hybridized carbons (Fsp3) is 0.188. The van der Waals surface area contributed by atoms with Crippen molar-refractivity contribution in [2.45, 2.75) is 19.9 Å². The summed E-state index contributed by atoms with van der Waals surface area (Å²) >= 11 is 0. The lowest BCUT2D eigenvalue weighted by Gasteiger charge is -2.24. The van der Waals surface area contributed by atoms with E-state index < -0.39 is 0 Å². The SMILES string of the molecule is Cc1[nH]c(=O)c(C#N)cc1-c1ccc2c(c1)NC(C)C(=O)N2. The molecule has 2 aromatic rings. The number of rotatable bonds is 1. The van der Waals surface area contributed by atoms with Crippen molar-refractivity contribution >= 4 is 17.3 Å². The Labute approximate surface area is 126 Å². The number of pyridine rings is 1. The van der Waals surface area contributed by atoms with E-state index >= 15 is 0 Å². The van der Waals surface area contributed by atoms with E-state index in [1.165, 1.54) is 0 Å². The van der Waals surface area contributed by atoms with Gasteiger partial charge in [-0.2, -0.15) is 5.26 Å². The third-order valence-electron chi connectivity index (χ3n) is 3.71. The predicted molar refractivity (Wildman–Crippen MR) is 83.7 cm³/mol. The van der Waals surface area contributed by atoms with Gasteiger partial charge < -0.3 is 15.6 Å². The highest BCUT2D eigenvalue weighted by Gasteiger charge is 2.21. The van der Waals surface area contributed by atoms with Crippen LogP contribution in [-0.2, 0) is 4.79 Å². The van der Waals surface area contributed by atoms with Crippen LogP contribution in [0, 0.1) is 18.3 Å². The third-order valence-corrected chi connectivity index (χ3v) is 3.71. The molecule has 1 aromatic heterocycles. The second-order valence-corrected chi connectivity index (χ2v) is 5.28. The molecule has 3 N–H and O–H groups in total. The summed E-state index contributed by atoms with van der Waals surface area (Å²) in [7, 11) is 0. The van der Waals surface area contributed by atoms with Crippen LogP contribution in [0.5, 0.6) is 0 Å². The van der Waals surface area contributed by atoms with Crippen LogP contribution in [0.3, 0.4) is 0 Å². The van der Waals surface area contributed by atoms with Crippen LogP contribution in [-0.4, -0.2) is 16.9 Å². The smallest absolute Gasteiger partial charge is 0.266 e. The van der Waals surface area contributed by atoms with Gasteiger partial charge in [0.05, 0.1) is 11.4 Å². The number of benzene rings is 1. The highest BCUT2D eigenvalue weighted by atomic mass is 16.2. The van der Waals surface area contributed by atoms with Crippen LogP contribution in [0.25, 0.3) is 11.1 Å². The van der Waals surface area contributed by atoms with E-state index in [1.807, 2.05) is 18.2 Å². The number of carbonyl (C=O) groups is 1. The number of fused-ring (bicyclic) bond motifs is 1. The molecule has 0 radical (unpaired) electrons. The van der Waals surface area contributed by atoms with Crippen molar-refractivity contribution in [2.24, 2.45) is 0 Å². The van der Waals surface area contributed by atoms with Crippen LogP contribution in [0.4, 0.5) is 11.4 Å². The van der Waals surface area contributed by atoms with E-state index in [2.05, 4.69) is 15.6 Å². The van der Waals surface area contributed by atoms with Crippen LogP contribution in [0.1, 0.15) is 18.2 Å². The number of nitriles is 1. The molecule has 1 aliphatic heterocycles. The van der Waals surface area contributed by atoms with E-state index in [9.17, 15) is 9.59 Å². The predicted octanol–water partition coefficient (Wildman–Crippen LogP) is 1.97. The number of aryl methyl sites for hydroxylation is 1. The van der Waals surface area contributed by atoms with Crippen molar-refractivity contribution in [3.63, 3.8) is 0 Å². The van der Waals surface area contributed by atoms with E-state index in [-0.39, 0.29) is 23.1 Å². The number of amides is 1. The van der Waals surface area contributed by atoms with Crippen molar-refractivity contribution in [3.05, 3.63) is 45.9 Å². The van der Waals surface area contributed by atoms with Gasteiger partial charge >= 0.3 is 0 Å². The van der Waals surface area contributed by atoms with Gasteiger partial charge in [0.1, 0.15) is 17.7 Å². The average Bonchev–Trinajstić information content (AvgIpc) is 2.48. The monoisotopic (exact) mass is 294 g/mol. The maximum absolute atomic E-state index is 11.6. The molecular formula is C16H14N4O2. The topological polar surface area (TPSA) is 97.8 Å². The number of nitrogens with one attached hydrogen (secondary N) is 3. The first kappa shape index (κ1) is 13.9. The highest BCUT2D eigenvalue weighted by Crippen LogP contribution is 2.32. The zero-order chi connectivity index (χ0) is 15.9. The molecule has 1 atom stereocenters. The number of H-pyrrole nitrogens is 1. The Morgan fingerprint density at radius 1 is 1.18 bits per heavy atom. The Balaban J connectivity index is 2.11. The van der Waals surface area contributed by atoms with Crippen molar-refractivity contribution in [1.29, 1.82) is 5.26 Å². The third kappa shape index (κ3) is 2.23. The number of hydrogen-bond donors (Lipinski definition) is 3. The molecule has 3 rings (SSSR count). The lowest BCUT2D eigenvalue weighted by Crippen LogP contribution is -2.36. The maximum Gasteiger partial charge on any atom is 0.266 e. The standard InChI is InChI=1S/C16H14N4O2/c1-8-12(5-11(7-17)16(22)19-8)10-3-4-13-14(6-10)18-9(2)15(21)20-13/h3-6,9,18H,1-2H3,(H,19,22)(H,20,21). The van der Waals surface area contributed by atoms with Gasteiger partial charge in [-0.1, -0.05) is 6.07 Å². The molecule has 0 saturated carbocycles. The molecule has 1 unspecified atom stereocenters. The van der Waals surface area contributed by atoms with Crippen LogP contribution in [0.2, 0.25) is 0 Å². The number of aromatic amines is 1. The molecule has 1 amide bonds. The highest BCUT2D eigenvalue weighted by molar-refractivity contribution is 6.03. The Kier molecular flexibility index (Phi) is 3.18. The summed E-state index contributed by atoms with van der Waals surface area (Å²) in [6.45, 7) is 3.57. The fourth-order valence-corrected chi connectivity index (χ4v) is 2.49. The zero-order valence-corrected chi connectivity index (χ0v) is 12.2. The number of carbonyl (C=O) groups excluding carboxylic acids is 1. The molecule has 0 bridgehead atoms. The van der Waals surface area contributed by atoms with Crippen molar-refractivity contribution in [1.82, 2.24) is 4.98 Å². The first-order valence-electron chi connectivity index (χ1n) is 6.85. The van der Waals surface area contributed by atoms with Gasteiger partial charge in [0.25, 0.3) is 5.56 Å². The van der Waals surface area contributed by atoms with Crippen LogP contribution >= 0.6 is 0 Å². The normalized spacial score (nSPS) is 16.2. The molecular weight excluding hydrogens is 280 g/mol. The van der Waals surface area contributed by atoms with Gasteiger partial charge in [-0.25, -0.2) is 0 Å². The fourth-order valence-electron chi connectivity index (χ4n) is 2.49. The molecule has 1 aliphatic rings. The first-order chi connectivity index (χ1) is 10.5. The minimum atomic E-state index is -0.388. The molecule has 0 fully saturated rings. The number of anilines is 2. The second-order valence-electron chi connectivity index (χ2n) is 5.28. The second kappa shape index (κ2) is 5.04. The quantitative estimate of drug-likeness (QED) is 0.749. The minimum Gasteiger partial charge on any atom is -0.372 e. The van der Waals surface area contributed by atoms with Crippen molar-refractivity contribution in [3.8, 4) is 17.2 Å². The summed E-state index contributed by atoms with van der Waals surface area (Å²) in [5, 5.41) is 15.0. The molecule has 6 heteroatoms. The van der Waals surface area contributed by atoms with Gasteiger partial charge in [-0.05, 0) is 37.6 Å². The molecule has 22 heavy (non-hydrogen) atoms. The van der Waals surface area contributed by atoms with Gasteiger partial charge in [0, 0.05) is 11.3 Å². The number of aromatic nitrogens is 1. The summed E-state index contributed by atoms with van der Waals surface area (Å²) in [5.41, 5.74) is 3.55. The minimum absolute atomic E-state index is 0.0766. The molecule has 110 valence electrons. The van der Waals surface area contributed by atoms with E-state index in [1.54, 1.807) is 26.0 Å². The summed E-state index contributed by atoms with van der Waals surface area (Å²) < 4.78 is 0. The molecule has 6 nitrogen and oxygen atoms in total. The van der Waals surface area contributed by atoms with Crippen LogP contribution < -0.4 is 16.2 Å². The number of nitrogens with zero attached hydrogens (tertiary/aromatic N) is 1. The summed E-state index contributed by atoms with van der Waals surface area (Å²) in [4.78, 5) is 26.0. The van der Waals surface area contributed by atoms with Crippen LogP contribution in [0.15, 0.2) is 29.1 Å². The Morgan fingerprint density at radius 3 is 2.68 bits per heavy atom. The van der Waals surface area contributed by atoms with E-state index in [0.717, 1.165) is 22.5 Å². The Morgan fingerprint density at radius 2 is 1.95 bits per heavy atom. The molecule has 2 heterocycles. The number of hydrogen-bond acceptors (Lipinski definition) is 4. The zero-order valence-electron chi connectivity index (χ0n) is 12.2. The van der Waals surface area contributed by atoms with Crippen molar-refractivity contribution < 1.29 is 4.79 Å². The summed E-state index contributed by atoms with van der Waals surface area (Å²) in [6, 6.07) is 8.71. The Hall–Kier alpha value is -3.07. The molecule has 1 aromatic carbocycles. The van der Waals surface area contributed by atoms with E-state index in [4.69, 9.17) is 5.26 Å². The van der Waals surface area contributed by atoms with Crippen molar-refractivity contribution in [2.75, 3.05) is 10.6 Å². The first-order valence-corrected chi connectivity index (χ1v) is 6.85. The van der Waals surface area contributed by atoms with Gasteiger partial charge in [-0.15, -0.1) is 0 Å². The Bertz CT molecular complexity index is 877. The summed E-state index contributed by atoms with van der Waals surface area (Å²) in [5.74, 6) is -0.0766. The van der Waals surface area contributed by atoms with Gasteiger partial charge in [0.15, 0.2) is 0 Å². The largest absolute Gasteiger partial charge is 0.372 e. The lowest BCUT2D eigenvalue weighted by atomic mass is 10.0. The van der Waals surface area contributed by atoms with Gasteiger partial charge in [-0.3, -0.25) is 9.59 Å².